The van der Waals surface area contributed by atoms with Gasteiger partial charge in [-0.25, -0.2) is 0 Å². The second kappa shape index (κ2) is 6.05. The van der Waals surface area contributed by atoms with Crippen LogP contribution in [-0.2, 0) is 0 Å². The molecule has 0 aliphatic heterocycles. The highest BCUT2D eigenvalue weighted by molar-refractivity contribution is 4.95. The summed E-state index contributed by atoms with van der Waals surface area (Å²) in [7, 11) is 0. The van der Waals surface area contributed by atoms with Gasteiger partial charge in [-0.3, -0.25) is 0 Å². The highest BCUT2D eigenvalue weighted by atomic mass is 14.6. The monoisotopic (exact) mass is 179 g/mol. The minimum atomic E-state index is 0.404. The van der Waals surface area contributed by atoms with E-state index in [1.54, 1.807) is 0 Å². The smallest absolute Gasteiger partial charge is 0.0103 e. The van der Waals surface area contributed by atoms with Gasteiger partial charge in [0, 0.05) is 12.5 Å². The van der Waals surface area contributed by atoms with E-state index < -0.39 is 0 Å². The van der Waals surface area contributed by atoms with Crippen LogP contribution in [0.1, 0.15) is 51.9 Å². The van der Waals surface area contributed by atoms with Crippen LogP contribution in [0.25, 0.3) is 0 Å². The van der Waals surface area contributed by atoms with Crippen LogP contribution in [0.5, 0.6) is 0 Å². The molecule has 1 saturated carbocycles. The summed E-state index contributed by atoms with van der Waals surface area (Å²) >= 11 is 0. The lowest BCUT2D eigenvalue weighted by Gasteiger charge is -2.26. The minimum absolute atomic E-state index is 0.404. The topological polar surface area (TPSA) is 26.0 Å². The molecule has 0 radical (unpaired) electrons. The zero-order chi connectivity index (χ0) is 9.52. The zero-order valence-corrected chi connectivity index (χ0v) is 8.68. The van der Waals surface area contributed by atoms with Crippen molar-refractivity contribution in [2.24, 2.45) is 11.7 Å². The lowest BCUT2D eigenvalue weighted by molar-refractivity contribution is 0.296. The Morgan fingerprint density at radius 3 is 2.62 bits per heavy atom. The van der Waals surface area contributed by atoms with Gasteiger partial charge in [0.05, 0.1) is 0 Å². The molecule has 0 spiro atoms. The second-order valence-electron chi connectivity index (χ2n) is 4.03. The Kier molecular flexibility index (Phi) is 4.93. The van der Waals surface area contributed by atoms with E-state index in [-0.39, 0.29) is 0 Å². The van der Waals surface area contributed by atoms with Gasteiger partial charge >= 0.3 is 0 Å². The maximum absolute atomic E-state index is 6.12. The molecule has 1 atom stereocenters. The molecule has 0 bridgehead atoms. The second-order valence-corrected chi connectivity index (χ2v) is 4.03. The Morgan fingerprint density at radius 2 is 2.00 bits per heavy atom. The third-order valence-corrected chi connectivity index (χ3v) is 3.03. The molecule has 1 nitrogen and oxygen atoms in total. The third-order valence-electron chi connectivity index (χ3n) is 3.03. The first-order valence-electron chi connectivity index (χ1n) is 5.49. The van der Waals surface area contributed by atoms with E-state index in [0.29, 0.717) is 6.04 Å². The standard InChI is InChI=1S/C12H21N/c1-2-3-5-10-12(13)11-8-6-4-7-9-11/h11-12H,4-10,13H2,1H3. The quantitative estimate of drug-likeness (QED) is 0.662. The Balaban J connectivity index is 2.19. The molecule has 0 heterocycles. The van der Waals surface area contributed by atoms with Crippen molar-refractivity contribution in [1.82, 2.24) is 0 Å². The molecule has 0 saturated heterocycles. The van der Waals surface area contributed by atoms with Gasteiger partial charge in [-0.15, -0.1) is 11.8 Å². The Bertz CT molecular complexity index is 181. The van der Waals surface area contributed by atoms with Crippen molar-refractivity contribution in [3.05, 3.63) is 0 Å². The van der Waals surface area contributed by atoms with E-state index in [2.05, 4.69) is 11.8 Å². The highest BCUT2D eigenvalue weighted by Gasteiger charge is 2.19. The van der Waals surface area contributed by atoms with Crippen molar-refractivity contribution in [3.63, 3.8) is 0 Å². The van der Waals surface area contributed by atoms with Crippen molar-refractivity contribution in [3.8, 4) is 11.8 Å². The van der Waals surface area contributed by atoms with Gasteiger partial charge < -0.3 is 5.73 Å². The van der Waals surface area contributed by atoms with Crippen LogP contribution < -0.4 is 5.73 Å². The van der Waals surface area contributed by atoms with Crippen molar-refractivity contribution in [1.29, 1.82) is 0 Å². The molecule has 0 amide bonds. The lowest BCUT2D eigenvalue weighted by Crippen LogP contribution is -2.31. The molecule has 1 rings (SSSR count). The summed E-state index contributed by atoms with van der Waals surface area (Å²) in [5.41, 5.74) is 6.12. The average Bonchev–Trinajstić information content (AvgIpc) is 2.19. The first-order chi connectivity index (χ1) is 6.34. The van der Waals surface area contributed by atoms with Gasteiger partial charge in [0.2, 0.25) is 0 Å². The summed E-state index contributed by atoms with van der Waals surface area (Å²) in [6.45, 7) is 1.89. The molecule has 0 aromatic carbocycles. The number of rotatable bonds is 3. The molecule has 74 valence electrons. The van der Waals surface area contributed by atoms with E-state index >= 15 is 0 Å². The molecular formula is C12H21N. The molecular weight excluding hydrogens is 158 g/mol. The maximum Gasteiger partial charge on any atom is 0.0103 e. The fourth-order valence-corrected chi connectivity index (χ4v) is 2.16. The molecule has 2 N–H and O–H groups in total. The molecule has 1 aliphatic rings. The fraction of sp³-hybridized carbons (Fsp3) is 0.833. The van der Waals surface area contributed by atoms with Crippen molar-refractivity contribution < 1.29 is 0 Å². The van der Waals surface area contributed by atoms with Gasteiger partial charge in [-0.05, 0) is 32.1 Å². The van der Waals surface area contributed by atoms with Crippen LogP contribution in [-0.4, -0.2) is 6.04 Å². The zero-order valence-electron chi connectivity index (χ0n) is 8.68. The van der Waals surface area contributed by atoms with Gasteiger partial charge in [0.25, 0.3) is 0 Å². The molecule has 1 fully saturated rings. The van der Waals surface area contributed by atoms with Crippen LogP contribution in [0.3, 0.4) is 0 Å². The number of hydrogen-bond donors (Lipinski definition) is 1. The molecule has 13 heavy (non-hydrogen) atoms. The van der Waals surface area contributed by atoms with Gasteiger partial charge in [-0.1, -0.05) is 19.3 Å². The summed E-state index contributed by atoms with van der Waals surface area (Å²) in [5, 5.41) is 0. The van der Waals surface area contributed by atoms with Gasteiger partial charge in [-0.2, -0.15) is 0 Å². The van der Waals surface area contributed by atoms with E-state index in [1.807, 2.05) is 6.92 Å². The largest absolute Gasteiger partial charge is 0.327 e. The normalized spacial score (nSPS) is 20.5. The number of nitrogens with two attached hydrogens (primary N) is 1. The SMILES string of the molecule is CC#CCCC(N)C1CCCCC1. The van der Waals surface area contributed by atoms with Crippen molar-refractivity contribution in [2.75, 3.05) is 0 Å². The summed E-state index contributed by atoms with van der Waals surface area (Å²) < 4.78 is 0. The van der Waals surface area contributed by atoms with Crippen LogP contribution >= 0.6 is 0 Å². The molecule has 0 aromatic heterocycles. The molecule has 1 unspecified atom stereocenters. The summed E-state index contributed by atoms with van der Waals surface area (Å²) in [4.78, 5) is 0. The summed E-state index contributed by atoms with van der Waals surface area (Å²) in [5.74, 6) is 6.79. The van der Waals surface area contributed by atoms with Crippen LogP contribution in [0.2, 0.25) is 0 Å². The lowest BCUT2D eigenvalue weighted by atomic mass is 9.83. The van der Waals surface area contributed by atoms with Crippen LogP contribution in [0.4, 0.5) is 0 Å². The Labute approximate surface area is 82.1 Å². The summed E-state index contributed by atoms with van der Waals surface area (Å²) in [6.07, 6.45) is 8.95. The van der Waals surface area contributed by atoms with Crippen LogP contribution in [0.15, 0.2) is 0 Å². The average molecular weight is 179 g/mol. The van der Waals surface area contributed by atoms with E-state index in [9.17, 15) is 0 Å². The van der Waals surface area contributed by atoms with Gasteiger partial charge in [0.1, 0.15) is 0 Å². The van der Waals surface area contributed by atoms with Crippen molar-refractivity contribution >= 4 is 0 Å². The first-order valence-corrected chi connectivity index (χ1v) is 5.49. The number of hydrogen-bond acceptors (Lipinski definition) is 1. The molecule has 1 aliphatic carbocycles. The third kappa shape index (κ3) is 3.83. The minimum Gasteiger partial charge on any atom is -0.327 e. The maximum atomic E-state index is 6.12. The highest BCUT2D eigenvalue weighted by Crippen LogP contribution is 2.26. The van der Waals surface area contributed by atoms with Crippen molar-refractivity contribution in [2.45, 2.75) is 57.9 Å². The fourth-order valence-electron chi connectivity index (χ4n) is 2.16. The summed E-state index contributed by atoms with van der Waals surface area (Å²) in [6, 6.07) is 0.404. The molecule has 0 aromatic rings. The van der Waals surface area contributed by atoms with Crippen LogP contribution in [0, 0.1) is 17.8 Å². The first kappa shape index (κ1) is 10.6. The van der Waals surface area contributed by atoms with Gasteiger partial charge in [0.15, 0.2) is 0 Å². The van der Waals surface area contributed by atoms with E-state index in [1.165, 1.54) is 32.1 Å². The molecule has 1 heteroatoms. The predicted molar refractivity (Wildman–Crippen MR) is 57.2 cm³/mol. The Morgan fingerprint density at radius 1 is 1.31 bits per heavy atom. The van der Waals surface area contributed by atoms with E-state index in [0.717, 1.165) is 18.8 Å². The predicted octanol–water partition coefficient (Wildman–Crippen LogP) is 2.70. The van der Waals surface area contributed by atoms with E-state index in [4.69, 9.17) is 5.73 Å². The Hall–Kier alpha value is -0.480.